The summed E-state index contributed by atoms with van der Waals surface area (Å²) >= 11 is 0. The van der Waals surface area contributed by atoms with Crippen molar-refractivity contribution in [3.63, 3.8) is 0 Å². The summed E-state index contributed by atoms with van der Waals surface area (Å²) in [6, 6.07) is 0. The zero-order valence-electron chi connectivity index (χ0n) is 10.7. The topological polar surface area (TPSA) is 20.3 Å². The van der Waals surface area contributed by atoms with Gasteiger partial charge in [-0.25, -0.2) is 0 Å². The molecule has 16 heavy (non-hydrogen) atoms. The van der Waals surface area contributed by atoms with Gasteiger partial charge in [0, 0.05) is 19.0 Å². The number of piperidine rings is 1. The number of hydrogen-bond donors (Lipinski definition) is 0. The fourth-order valence-corrected chi connectivity index (χ4v) is 3.31. The lowest BCUT2D eigenvalue weighted by molar-refractivity contribution is -0.140. The van der Waals surface area contributed by atoms with Crippen LogP contribution in [0.5, 0.6) is 0 Å². The van der Waals surface area contributed by atoms with Crippen molar-refractivity contribution in [2.75, 3.05) is 13.1 Å². The highest BCUT2D eigenvalue weighted by Crippen LogP contribution is 2.32. The molecule has 1 aliphatic heterocycles. The van der Waals surface area contributed by atoms with Crippen LogP contribution in [0.4, 0.5) is 0 Å². The van der Waals surface area contributed by atoms with Crippen molar-refractivity contribution < 1.29 is 4.79 Å². The van der Waals surface area contributed by atoms with E-state index in [4.69, 9.17) is 0 Å². The highest BCUT2D eigenvalue weighted by molar-refractivity contribution is 5.79. The summed E-state index contributed by atoms with van der Waals surface area (Å²) in [5, 5.41) is 0. The molecule has 0 bridgehead atoms. The van der Waals surface area contributed by atoms with E-state index >= 15 is 0 Å². The van der Waals surface area contributed by atoms with Crippen molar-refractivity contribution in [3.8, 4) is 0 Å². The normalized spacial score (nSPS) is 36.1. The van der Waals surface area contributed by atoms with E-state index in [0.717, 1.165) is 19.5 Å². The second-order valence-corrected chi connectivity index (χ2v) is 5.90. The number of carbonyl (C=O) groups is 1. The lowest BCUT2D eigenvalue weighted by Crippen LogP contribution is -2.44. The number of hydrogen-bond acceptors (Lipinski definition) is 1. The molecule has 0 aromatic heterocycles. The average molecular weight is 223 g/mol. The molecule has 1 aliphatic carbocycles. The van der Waals surface area contributed by atoms with Gasteiger partial charge >= 0.3 is 0 Å². The van der Waals surface area contributed by atoms with Gasteiger partial charge in [-0.3, -0.25) is 4.79 Å². The van der Waals surface area contributed by atoms with Crippen molar-refractivity contribution in [3.05, 3.63) is 0 Å². The van der Waals surface area contributed by atoms with Gasteiger partial charge in [0.1, 0.15) is 0 Å². The molecule has 2 aliphatic rings. The van der Waals surface area contributed by atoms with Crippen LogP contribution in [0.3, 0.4) is 0 Å². The van der Waals surface area contributed by atoms with Crippen LogP contribution in [0.2, 0.25) is 0 Å². The molecule has 1 amide bonds. The van der Waals surface area contributed by atoms with E-state index in [1.165, 1.54) is 32.1 Å². The van der Waals surface area contributed by atoms with Crippen LogP contribution in [0.25, 0.3) is 0 Å². The maximum absolute atomic E-state index is 12.4. The molecule has 2 rings (SSSR count). The minimum atomic E-state index is 0.332. The molecule has 2 fully saturated rings. The maximum atomic E-state index is 12.4. The molecule has 1 saturated heterocycles. The Balaban J connectivity index is 1.94. The predicted octanol–water partition coefficient (Wildman–Crippen LogP) is 3.07. The van der Waals surface area contributed by atoms with E-state index in [1.54, 1.807) is 0 Å². The quantitative estimate of drug-likeness (QED) is 0.669. The molecule has 92 valence electrons. The molecule has 2 heteroatoms. The van der Waals surface area contributed by atoms with Crippen LogP contribution in [0.1, 0.15) is 52.4 Å². The molecule has 0 spiro atoms. The minimum absolute atomic E-state index is 0.332. The van der Waals surface area contributed by atoms with Crippen LogP contribution in [-0.2, 0) is 4.79 Å². The first-order valence-electron chi connectivity index (χ1n) is 6.97. The van der Waals surface area contributed by atoms with Gasteiger partial charge in [0.05, 0.1) is 0 Å². The molecule has 1 saturated carbocycles. The van der Waals surface area contributed by atoms with Crippen molar-refractivity contribution in [1.82, 2.24) is 4.90 Å². The van der Waals surface area contributed by atoms with Crippen molar-refractivity contribution >= 4 is 5.91 Å². The average Bonchev–Trinajstić information content (AvgIpc) is 2.29. The van der Waals surface area contributed by atoms with Crippen LogP contribution < -0.4 is 0 Å². The lowest BCUT2D eigenvalue weighted by atomic mass is 9.79. The van der Waals surface area contributed by atoms with E-state index in [1.807, 2.05) is 0 Å². The summed E-state index contributed by atoms with van der Waals surface area (Å²) in [6.45, 7) is 6.54. The predicted molar refractivity (Wildman–Crippen MR) is 66.1 cm³/mol. The highest BCUT2D eigenvalue weighted by atomic mass is 16.2. The van der Waals surface area contributed by atoms with Gasteiger partial charge in [0.15, 0.2) is 0 Å². The van der Waals surface area contributed by atoms with Crippen molar-refractivity contribution in [2.45, 2.75) is 52.4 Å². The fraction of sp³-hybridized carbons (Fsp3) is 0.929. The first kappa shape index (κ1) is 11.9. The van der Waals surface area contributed by atoms with E-state index < -0.39 is 0 Å². The first-order chi connectivity index (χ1) is 7.68. The number of nitrogens with zero attached hydrogens (tertiary/aromatic N) is 1. The lowest BCUT2D eigenvalue weighted by Gasteiger charge is -2.36. The molecule has 2 nitrogen and oxygen atoms in total. The zero-order chi connectivity index (χ0) is 11.5. The summed E-state index contributed by atoms with van der Waals surface area (Å²) in [6.07, 6.45) is 7.45. The number of likely N-dealkylation sites (tertiary alicyclic amines) is 1. The van der Waals surface area contributed by atoms with Gasteiger partial charge in [-0.05, 0) is 37.5 Å². The number of rotatable bonds is 1. The molecule has 3 unspecified atom stereocenters. The summed E-state index contributed by atoms with van der Waals surface area (Å²) < 4.78 is 0. The van der Waals surface area contributed by atoms with Crippen LogP contribution in [0, 0.1) is 17.8 Å². The van der Waals surface area contributed by atoms with Gasteiger partial charge in [-0.2, -0.15) is 0 Å². The summed E-state index contributed by atoms with van der Waals surface area (Å²) in [5.74, 6) is 2.10. The smallest absolute Gasteiger partial charge is 0.225 e. The van der Waals surface area contributed by atoms with Crippen molar-refractivity contribution in [2.24, 2.45) is 17.8 Å². The van der Waals surface area contributed by atoms with Gasteiger partial charge in [0.2, 0.25) is 5.91 Å². The van der Waals surface area contributed by atoms with E-state index in [-0.39, 0.29) is 0 Å². The van der Waals surface area contributed by atoms with Gasteiger partial charge in [0.25, 0.3) is 0 Å². The molecule has 0 radical (unpaired) electrons. The summed E-state index contributed by atoms with van der Waals surface area (Å²) in [7, 11) is 0. The molecule has 1 heterocycles. The Morgan fingerprint density at radius 2 is 1.81 bits per heavy atom. The maximum Gasteiger partial charge on any atom is 0.225 e. The fourth-order valence-electron chi connectivity index (χ4n) is 3.31. The zero-order valence-corrected chi connectivity index (χ0v) is 10.7. The molecule has 0 aromatic carbocycles. The molecule has 0 aromatic rings. The third-order valence-corrected chi connectivity index (χ3v) is 4.40. The largest absolute Gasteiger partial charge is 0.342 e. The summed E-state index contributed by atoms with van der Waals surface area (Å²) in [5.41, 5.74) is 0. The van der Waals surface area contributed by atoms with Crippen molar-refractivity contribution in [1.29, 1.82) is 0 Å². The molecular weight excluding hydrogens is 198 g/mol. The Labute approximate surface area is 99.4 Å². The van der Waals surface area contributed by atoms with E-state index in [9.17, 15) is 4.79 Å². The second-order valence-electron chi connectivity index (χ2n) is 5.90. The van der Waals surface area contributed by atoms with Crippen LogP contribution >= 0.6 is 0 Å². The monoisotopic (exact) mass is 223 g/mol. The standard InChI is InChI=1S/C14H25NO/c1-11-6-5-9-15(10-11)14(16)13-8-4-3-7-12(13)2/h11-13H,3-10H2,1-2H3. The van der Waals surface area contributed by atoms with E-state index in [2.05, 4.69) is 18.7 Å². The highest BCUT2D eigenvalue weighted by Gasteiger charge is 2.32. The Hall–Kier alpha value is -0.530. The summed E-state index contributed by atoms with van der Waals surface area (Å²) in [4.78, 5) is 14.6. The first-order valence-corrected chi connectivity index (χ1v) is 6.97. The van der Waals surface area contributed by atoms with Crippen LogP contribution in [-0.4, -0.2) is 23.9 Å². The van der Waals surface area contributed by atoms with Gasteiger partial charge in [-0.15, -0.1) is 0 Å². The molecular formula is C14H25NO. The SMILES string of the molecule is CC1CCCN(C(=O)C2CCCCC2C)C1. The molecule has 3 atom stereocenters. The minimum Gasteiger partial charge on any atom is -0.342 e. The van der Waals surface area contributed by atoms with E-state index in [0.29, 0.717) is 23.7 Å². The third-order valence-electron chi connectivity index (χ3n) is 4.40. The number of amides is 1. The third kappa shape index (κ3) is 2.58. The Morgan fingerprint density at radius 1 is 1.06 bits per heavy atom. The Morgan fingerprint density at radius 3 is 2.50 bits per heavy atom. The van der Waals surface area contributed by atoms with Gasteiger partial charge < -0.3 is 4.90 Å². The van der Waals surface area contributed by atoms with Crippen LogP contribution in [0.15, 0.2) is 0 Å². The Kier molecular flexibility index (Phi) is 3.88. The second kappa shape index (κ2) is 5.20. The molecule has 0 N–H and O–H groups in total. The number of carbonyl (C=O) groups excluding carboxylic acids is 1. The van der Waals surface area contributed by atoms with Gasteiger partial charge in [-0.1, -0.05) is 26.7 Å². The Bertz CT molecular complexity index is 251.